The van der Waals surface area contributed by atoms with E-state index in [9.17, 15) is 4.79 Å². The van der Waals surface area contributed by atoms with Crippen LogP contribution in [0.1, 0.15) is 36.5 Å². The minimum absolute atomic E-state index is 0.160. The van der Waals surface area contributed by atoms with Crippen LogP contribution in [0.5, 0.6) is 0 Å². The molecule has 0 aliphatic carbocycles. The zero-order valence-electron chi connectivity index (χ0n) is 10.0. The highest BCUT2D eigenvalue weighted by Crippen LogP contribution is 2.25. The van der Waals surface area contributed by atoms with Gasteiger partial charge in [-0.05, 0) is 30.0 Å². The lowest BCUT2D eigenvalue weighted by atomic mass is 9.87. The van der Waals surface area contributed by atoms with Crippen LogP contribution in [-0.4, -0.2) is 17.1 Å². The van der Waals surface area contributed by atoms with E-state index in [0.717, 1.165) is 12.0 Å². The molecular formula is C13H19NO2. The lowest BCUT2D eigenvalue weighted by Gasteiger charge is -2.20. The highest BCUT2D eigenvalue weighted by atomic mass is 16.4. The van der Waals surface area contributed by atoms with E-state index in [2.05, 4.69) is 6.92 Å². The van der Waals surface area contributed by atoms with Gasteiger partial charge in [0.15, 0.2) is 0 Å². The Morgan fingerprint density at radius 1 is 1.50 bits per heavy atom. The van der Waals surface area contributed by atoms with Gasteiger partial charge in [-0.2, -0.15) is 0 Å². The van der Waals surface area contributed by atoms with Gasteiger partial charge in [0.2, 0.25) is 0 Å². The summed E-state index contributed by atoms with van der Waals surface area (Å²) in [7, 11) is 0. The number of carboxylic acids is 1. The molecule has 2 atom stereocenters. The number of rotatable bonds is 4. The average molecular weight is 221 g/mol. The van der Waals surface area contributed by atoms with Crippen molar-refractivity contribution in [2.75, 3.05) is 0 Å². The number of aryl methyl sites for hydroxylation is 1. The van der Waals surface area contributed by atoms with Crippen molar-refractivity contribution in [3.63, 3.8) is 0 Å². The number of carboxylic acid groups (broad SMARTS) is 1. The maximum Gasteiger partial charge on any atom is 0.321 e. The van der Waals surface area contributed by atoms with Gasteiger partial charge in [0.25, 0.3) is 0 Å². The van der Waals surface area contributed by atoms with Gasteiger partial charge in [0.05, 0.1) is 0 Å². The summed E-state index contributed by atoms with van der Waals surface area (Å²) in [5.74, 6) is -1.11. The van der Waals surface area contributed by atoms with Crippen LogP contribution in [0.4, 0.5) is 0 Å². The molecule has 1 aromatic carbocycles. The van der Waals surface area contributed by atoms with Crippen molar-refractivity contribution < 1.29 is 9.90 Å². The topological polar surface area (TPSA) is 63.3 Å². The van der Waals surface area contributed by atoms with Gasteiger partial charge in [-0.3, -0.25) is 4.79 Å². The second kappa shape index (κ2) is 5.12. The number of aliphatic carboxylic acids is 1. The van der Waals surface area contributed by atoms with E-state index in [1.54, 1.807) is 0 Å². The molecular weight excluding hydrogens is 202 g/mol. The SMILES string of the molecule is CCc1c(C)cccc1C(C)C(N)C(=O)O. The molecule has 3 nitrogen and oxygen atoms in total. The Morgan fingerprint density at radius 2 is 2.12 bits per heavy atom. The van der Waals surface area contributed by atoms with E-state index < -0.39 is 12.0 Å². The Kier molecular flexibility index (Phi) is 4.07. The minimum atomic E-state index is -0.948. The molecule has 0 saturated heterocycles. The molecule has 1 aromatic rings. The second-order valence-corrected chi connectivity index (χ2v) is 4.15. The largest absolute Gasteiger partial charge is 0.480 e. The van der Waals surface area contributed by atoms with Gasteiger partial charge in [-0.25, -0.2) is 0 Å². The summed E-state index contributed by atoms with van der Waals surface area (Å²) in [6.45, 7) is 5.99. The second-order valence-electron chi connectivity index (χ2n) is 4.15. The first-order chi connectivity index (χ1) is 7.49. The van der Waals surface area contributed by atoms with Crippen molar-refractivity contribution in [1.29, 1.82) is 0 Å². The van der Waals surface area contributed by atoms with E-state index in [4.69, 9.17) is 10.8 Å². The van der Waals surface area contributed by atoms with Crippen molar-refractivity contribution in [2.45, 2.75) is 39.2 Å². The summed E-state index contributed by atoms with van der Waals surface area (Å²) in [6.07, 6.45) is 0.901. The van der Waals surface area contributed by atoms with E-state index in [1.807, 2.05) is 32.0 Å². The molecule has 0 aliphatic rings. The van der Waals surface area contributed by atoms with E-state index in [0.29, 0.717) is 0 Å². The first-order valence-electron chi connectivity index (χ1n) is 5.55. The zero-order chi connectivity index (χ0) is 12.3. The van der Waals surface area contributed by atoms with Gasteiger partial charge in [0, 0.05) is 5.92 Å². The minimum Gasteiger partial charge on any atom is -0.480 e. The predicted molar refractivity (Wildman–Crippen MR) is 64.6 cm³/mol. The molecule has 88 valence electrons. The Balaban J connectivity index is 3.12. The van der Waals surface area contributed by atoms with Crippen molar-refractivity contribution in [1.82, 2.24) is 0 Å². The molecule has 3 N–H and O–H groups in total. The summed E-state index contributed by atoms with van der Waals surface area (Å²) >= 11 is 0. The van der Waals surface area contributed by atoms with Gasteiger partial charge in [0.1, 0.15) is 6.04 Å². The maximum absolute atomic E-state index is 10.9. The average Bonchev–Trinajstić information content (AvgIpc) is 2.26. The molecule has 0 amide bonds. The molecule has 0 saturated carbocycles. The molecule has 0 heterocycles. The summed E-state index contributed by atoms with van der Waals surface area (Å²) in [4.78, 5) is 10.9. The van der Waals surface area contributed by atoms with Gasteiger partial charge < -0.3 is 10.8 Å². The Morgan fingerprint density at radius 3 is 2.62 bits per heavy atom. The quantitative estimate of drug-likeness (QED) is 0.818. The van der Waals surface area contributed by atoms with Crippen molar-refractivity contribution in [3.8, 4) is 0 Å². The third-order valence-electron chi connectivity index (χ3n) is 3.11. The molecule has 16 heavy (non-hydrogen) atoms. The van der Waals surface area contributed by atoms with E-state index in [-0.39, 0.29) is 5.92 Å². The molecule has 0 radical (unpaired) electrons. The van der Waals surface area contributed by atoms with Crippen LogP contribution in [0.2, 0.25) is 0 Å². The number of benzene rings is 1. The lowest BCUT2D eigenvalue weighted by molar-refractivity contribution is -0.139. The Hall–Kier alpha value is -1.35. The normalized spacial score (nSPS) is 14.5. The summed E-state index contributed by atoms with van der Waals surface area (Å²) in [5.41, 5.74) is 9.13. The predicted octanol–water partition coefficient (Wildman–Crippen LogP) is 2.07. The van der Waals surface area contributed by atoms with Crippen LogP contribution in [0.25, 0.3) is 0 Å². The standard InChI is InChI=1S/C13H19NO2/c1-4-10-8(2)6-5-7-11(10)9(3)12(14)13(15)16/h5-7,9,12H,4,14H2,1-3H3,(H,15,16). The van der Waals surface area contributed by atoms with Crippen LogP contribution < -0.4 is 5.73 Å². The molecule has 0 aromatic heterocycles. The number of hydrogen-bond donors (Lipinski definition) is 2. The van der Waals surface area contributed by atoms with Gasteiger partial charge >= 0.3 is 5.97 Å². The molecule has 0 aliphatic heterocycles. The van der Waals surface area contributed by atoms with Crippen LogP contribution >= 0.6 is 0 Å². The Labute approximate surface area is 96.3 Å². The van der Waals surface area contributed by atoms with E-state index in [1.165, 1.54) is 11.1 Å². The fourth-order valence-electron chi connectivity index (χ4n) is 2.04. The van der Waals surface area contributed by atoms with Crippen LogP contribution in [-0.2, 0) is 11.2 Å². The first kappa shape index (κ1) is 12.7. The van der Waals surface area contributed by atoms with Gasteiger partial charge in [-0.15, -0.1) is 0 Å². The number of carbonyl (C=O) groups is 1. The fourth-order valence-corrected chi connectivity index (χ4v) is 2.04. The molecule has 0 fully saturated rings. The third kappa shape index (κ3) is 2.42. The van der Waals surface area contributed by atoms with E-state index >= 15 is 0 Å². The summed E-state index contributed by atoms with van der Waals surface area (Å²) < 4.78 is 0. The molecule has 0 spiro atoms. The third-order valence-corrected chi connectivity index (χ3v) is 3.11. The van der Waals surface area contributed by atoms with Gasteiger partial charge in [-0.1, -0.05) is 32.0 Å². The summed E-state index contributed by atoms with van der Waals surface area (Å²) in [5, 5.41) is 8.92. The lowest BCUT2D eigenvalue weighted by Crippen LogP contribution is -2.35. The van der Waals surface area contributed by atoms with Crippen molar-refractivity contribution in [3.05, 3.63) is 34.9 Å². The molecule has 0 bridgehead atoms. The smallest absolute Gasteiger partial charge is 0.321 e. The first-order valence-corrected chi connectivity index (χ1v) is 5.55. The van der Waals surface area contributed by atoms with Crippen molar-refractivity contribution >= 4 is 5.97 Å². The van der Waals surface area contributed by atoms with Crippen molar-refractivity contribution in [2.24, 2.45) is 5.73 Å². The van der Waals surface area contributed by atoms with Crippen LogP contribution in [0.15, 0.2) is 18.2 Å². The van der Waals surface area contributed by atoms with Crippen LogP contribution in [0, 0.1) is 6.92 Å². The maximum atomic E-state index is 10.9. The fraction of sp³-hybridized carbons (Fsp3) is 0.462. The highest BCUT2D eigenvalue weighted by Gasteiger charge is 2.23. The zero-order valence-corrected chi connectivity index (χ0v) is 10.0. The number of hydrogen-bond acceptors (Lipinski definition) is 2. The molecule has 1 rings (SSSR count). The monoisotopic (exact) mass is 221 g/mol. The van der Waals surface area contributed by atoms with Crippen LogP contribution in [0.3, 0.4) is 0 Å². The highest BCUT2D eigenvalue weighted by molar-refractivity contribution is 5.74. The molecule has 2 unspecified atom stereocenters. The Bertz CT molecular complexity index is 388. The molecule has 3 heteroatoms. The number of nitrogens with two attached hydrogens (primary N) is 1. The summed E-state index contributed by atoms with van der Waals surface area (Å²) in [6, 6.07) is 5.13.